The van der Waals surface area contributed by atoms with Gasteiger partial charge in [-0.15, -0.1) is 0 Å². The number of anilines is 1. The van der Waals surface area contributed by atoms with Crippen molar-refractivity contribution in [2.45, 2.75) is 6.42 Å². The highest BCUT2D eigenvalue weighted by atomic mass is 19.1. The van der Waals surface area contributed by atoms with Crippen molar-refractivity contribution in [2.75, 3.05) is 52.3 Å². The fraction of sp³-hybridized carbons (Fsp3) is 0.257. The number of carbonyl (C=O) groups excluding carboxylic acids is 2. The zero-order valence-corrected chi connectivity index (χ0v) is 27.4. The van der Waals surface area contributed by atoms with Crippen molar-refractivity contribution in [3.8, 4) is 28.7 Å². The van der Waals surface area contributed by atoms with Crippen LogP contribution in [0.1, 0.15) is 16.8 Å². The summed E-state index contributed by atoms with van der Waals surface area (Å²) >= 11 is 0. The van der Waals surface area contributed by atoms with E-state index in [4.69, 9.17) is 24.7 Å². The highest BCUT2D eigenvalue weighted by Crippen LogP contribution is 2.38. The van der Waals surface area contributed by atoms with Crippen LogP contribution in [0.25, 0.3) is 16.6 Å². The zero-order chi connectivity index (χ0) is 34.9. The van der Waals surface area contributed by atoms with Crippen LogP contribution < -0.4 is 30.8 Å². The Bertz CT molecular complexity index is 2000. The van der Waals surface area contributed by atoms with Crippen molar-refractivity contribution in [3.63, 3.8) is 0 Å². The second kappa shape index (κ2) is 15.9. The molecule has 0 bridgehead atoms. The summed E-state index contributed by atoms with van der Waals surface area (Å²) in [7, 11) is 5.08. The van der Waals surface area contributed by atoms with E-state index in [1.54, 1.807) is 49.5 Å². The summed E-state index contributed by atoms with van der Waals surface area (Å²) in [5.74, 6) is -0.671. The number of halogens is 1. The standard InChI is InChI=1S/C35H37FN6O7/c1-40(15-17-48-33(43)21-37)14-7-16-47-32-20-28-25(19-31(32)46-3)29(12-13-38-28)49-30-11-10-23(18-27(30)36)39-34(44)26-22-41(2)42(35(26)45)24-8-5-4-6-9-24/h4-6,8-13,18-20,22H,7,14-17,21,37H2,1-3H3,(H,39,44). The number of nitrogens with two attached hydrogens (primary N) is 1. The third kappa shape index (κ3) is 8.41. The van der Waals surface area contributed by atoms with Crippen LogP contribution in [0, 0.1) is 5.82 Å². The monoisotopic (exact) mass is 672 g/mol. The molecule has 13 nitrogen and oxygen atoms in total. The molecule has 0 aliphatic carbocycles. The first-order valence-corrected chi connectivity index (χ1v) is 15.4. The molecule has 0 unspecified atom stereocenters. The van der Waals surface area contributed by atoms with Gasteiger partial charge in [-0.2, -0.15) is 0 Å². The molecule has 14 heteroatoms. The van der Waals surface area contributed by atoms with Crippen LogP contribution in [0.15, 0.2) is 83.9 Å². The second-order valence-electron chi connectivity index (χ2n) is 11.0. The number of aromatic nitrogens is 3. The van der Waals surface area contributed by atoms with E-state index < -0.39 is 23.3 Å². The Morgan fingerprint density at radius 2 is 1.78 bits per heavy atom. The molecule has 0 aliphatic heterocycles. The molecule has 0 saturated carbocycles. The van der Waals surface area contributed by atoms with Gasteiger partial charge in [0.05, 0.1) is 31.5 Å². The number of hydrogen-bond donors (Lipinski definition) is 2. The van der Waals surface area contributed by atoms with Crippen LogP contribution >= 0.6 is 0 Å². The molecule has 0 aliphatic rings. The molecule has 0 spiro atoms. The molecule has 0 radical (unpaired) electrons. The van der Waals surface area contributed by atoms with E-state index in [-0.39, 0.29) is 30.2 Å². The van der Waals surface area contributed by atoms with Crippen LogP contribution in [0.4, 0.5) is 10.1 Å². The predicted molar refractivity (Wildman–Crippen MR) is 181 cm³/mol. The fourth-order valence-corrected chi connectivity index (χ4v) is 5.05. The number of hydrogen-bond acceptors (Lipinski definition) is 10. The van der Waals surface area contributed by atoms with Crippen molar-refractivity contribution < 1.29 is 32.9 Å². The first-order chi connectivity index (χ1) is 23.7. The number of nitrogens with one attached hydrogen (secondary N) is 1. The summed E-state index contributed by atoms with van der Waals surface area (Å²) in [5.41, 5.74) is 5.93. The number of benzene rings is 3. The minimum Gasteiger partial charge on any atom is -0.493 e. The number of fused-ring (bicyclic) bond motifs is 1. The molecular formula is C35H37FN6O7. The molecule has 0 atom stereocenters. The lowest BCUT2D eigenvalue weighted by Gasteiger charge is -2.17. The smallest absolute Gasteiger partial charge is 0.319 e. The summed E-state index contributed by atoms with van der Waals surface area (Å²) in [6.45, 7) is 1.80. The average molecular weight is 673 g/mol. The summed E-state index contributed by atoms with van der Waals surface area (Å²) in [5, 5.41) is 3.15. The SMILES string of the molecule is COc1cc2c(Oc3ccc(NC(=O)c4cn(C)n(-c5ccccc5)c4=O)cc3F)ccnc2cc1OCCCN(C)CCOC(=O)CN. The lowest BCUT2D eigenvalue weighted by atomic mass is 10.1. The first kappa shape index (κ1) is 34.6. The summed E-state index contributed by atoms with van der Waals surface area (Å²) in [6, 6.07) is 17.9. The van der Waals surface area contributed by atoms with Gasteiger partial charge in [0.1, 0.15) is 17.9 Å². The largest absolute Gasteiger partial charge is 0.493 e. The van der Waals surface area contributed by atoms with E-state index in [0.29, 0.717) is 60.0 Å². The fourth-order valence-electron chi connectivity index (χ4n) is 5.05. The summed E-state index contributed by atoms with van der Waals surface area (Å²) in [6.07, 6.45) is 3.66. The van der Waals surface area contributed by atoms with Crippen molar-refractivity contribution in [1.29, 1.82) is 0 Å². The Kier molecular flexibility index (Phi) is 11.2. The number of likely N-dealkylation sites (N-methyl/N-ethyl adjacent to an activating group) is 1. The Hall–Kier alpha value is -5.73. The van der Waals surface area contributed by atoms with Gasteiger partial charge >= 0.3 is 5.97 Å². The van der Waals surface area contributed by atoms with Crippen molar-refractivity contribution in [1.82, 2.24) is 19.2 Å². The van der Waals surface area contributed by atoms with Crippen LogP contribution in [0.3, 0.4) is 0 Å². The number of methoxy groups -OCH3 is 1. The van der Waals surface area contributed by atoms with Gasteiger partial charge < -0.3 is 34.9 Å². The van der Waals surface area contributed by atoms with Gasteiger partial charge in [-0.05, 0) is 49.9 Å². The third-order valence-electron chi connectivity index (χ3n) is 7.54. The molecule has 5 rings (SSSR count). The third-order valence-corrected chi connectivity index (χ3v) is 7.54. The Morgan fingerprint density at radius 1 is 0.980 bits per heavy atom. The number of amides is 1. The van der Waals surface area contributed by atoms with Gasteiger partial charge in [0.2, 0.25) is 0 Å². The first-order valence-electron chi connectivity index (χ1n) is 15.4. The molecule has 2 aromatic heterocycles. The van der Waals surface area contributed by atoms with Gasteiger partial charge in [0, 0.05) is 55.7 Å². The van der Waals surface area contributed by atoms with Gasteiger partial charge in [-0.3, -0.25) is 24.0 Å². The maximum Gasteiger partial charge on any atom is 0.319 e. The molecular weight excluding hydrogens is 635 g/mol. The summed E-state index contributed by atoms with van der Waals surface area (Å²) in [4.78, 5) is 43.6. The number of nitrogens with zero attached hydrogens (tertiary/aromatic N) is 4. The van der Waals surface area contributed by atoms with E-state index in [1.807, 2.05) is 18.0 Å². The quantitative estimate of drug-likeness (QED) is 0.123. The van der Waals surface area contributed by atoms with Crippen LogP contribution in [0.5, 0.6) is 23.0 Å². The van der Waals surface area contributed by atoms with Gasteiger partial charge in [-0.25, -0.2) is 9.07 Å². The molecule has 49 heavy (non-hydrogen) atoms. The highest BCUT2D eigenvalue weighted by molar-refractivity contribution is 6.04. The summed E-state index contributed by atoms with van der Waals surface area (Å²) < 4.78 is 40.7. The van der Waals surface area contributed by atoms with Crippen molar-refractivity contribution in [3.05, 3.63) is 101 Å². The van der Waals surface area contributed by atoms with Crippen molar-refractivity contribution in [2.24, 2.45) is 12.8 Å². The molecule has 2 heterocycles. The zero-order valence-electron chi connectivity index (χ0n) is 27.4. The van der Waals surface area contributed by atoms with E-state index >= 15 is 4.39 Å². The molecule has 256 valence electrons. The molecule has 3 aromatic carbocycles. The van der Waals surface area contributed by atoms with E-state index in [1.165, 1.54) is 41.0 Å². The van der Waals surface area contributed by atoms with Crippen LogP contribution in [0.2, 0.25) is 0 Å². The highest BCUT2D eigenvalue weighted by Gasteiger charge is 2.19. The molecule has 3 N–H and O–H groups in total. The molecule has 5 aromatic rings. The van der Waals surface area contributed by atoms with Gasteiger partial charge in [0.25, 0.3) is 11.5 Å². The van der Waals surface area contributed by atoms with Crippen LogP contribution in [-0.4, -0.2) is 78.1 Å². The Morgan fingerprint density at radius 3 is 2.51 bits per heavy atom. The van der Waals surface area contributed by atoms with Gasteiger partial charge in [0.15, 0.2) is 23.1 Å². The normalized spacial score (nSPS) is 11.1. The number of aryl methyl sites for hydroxylation is 1. The second-order valence-corrected chi connectivity index (χ2v) is 11.0. The number of para-hydroxylation sites is 1. The maximum absolute atomic E-state index is 15.3. The number of rotatable bonds is 15. The number of ether oxygens (including phenoxy) is 4. The topological polar surface area (TPSA) is 152 Å². The predicted octanol–water partition coefficient (Wildman–Crippen LogP) is 4.12. The van der Waals surface area contributed by atoms with Crippen molar-refractivity contribution >= 4 is 28.5 Å². The maximum atomic E-state index is 15.3. The minimum absolute atomic E-state index is 0.0853. The Balaban J connectivity index is 1.23. The number of pyridine rings is 1. The molecule has 0 saturated heterocycles. The van der Waals surface area contributed by atoms with E-state index in [2.05, 4.69) is 10.3 Å². The van der Waals surface area contributed by atoms with E-state index in [0.717, 1.165) is 6.07 Å². The Labute approximate surface area is 281 Å². The van der Waals surface area contributed by atoms with Crippen LogP contribution in [-0.2, 0) is 16.6 Å². The number of esters is 1. The average Bonchev–Trinajstić information content (AvgIpc) is 3.41. The number of carbonyl (C=O) groups is 2. The van der Waals surface area contributed by atoms with Gasteiger partial charge in [-0.1, -0.05) is 18.2 Å². The lowest BCUT2D eigenvalue weighted by Crippen LogP contribution is -2.27. The lowest BCUT2D eigenvalue weighted by molar-refractivity contribution is -0.142. The van der Waals surface area contributed by atoms with E-state index in [9.17, 15) is 14.4 Å². The molecule has 0 fully saturated rings. The molecule has 1 amide bonds. The minimum atomic E-state index is -0.730.